The van der Waals surface area contributed by atoms with E-state index in [1.807, 2.05) is 0 Å². The molecule has 0 saturated heterocycles. The molecule has 3 N–H and O–H groups in total. The molecular formula is C14H24N2O7. The lowest BCUT2D eigenvalue weighted by molar-refractivity contribution is -0.157. The van der Waals surface area contributed by atoms with E-state index < -0.39 is 42.1 Å². The van der Waals surface area contributed by atoms with Gasteiger partial charge >= 0.3 is 11.9 Å². The van der Waals surface area contributed by atoms with Crippen molar-refractivity contribution in [2.75, 3.05) is 26.4 Å². The summed E-state index contributed by atoms with van der Waals surface area (Å²) >= 11 is 0. The Kier molecular flexibility index (Phi) is 10.3. The molecule has 23 heavy (non-hydrogen) atoms. The largest absolute Gasteiger partial charge is 0.466 e. The van der Waals surface area contributed by atoms with E-state index in [4.69, 9.17) is 19.9 Å². The van der Waals surface area contributed by atoms with Gasteiger partial charge in [-0.25, -0.2) is 0 Å². The van der Waals surface area contributed by atoms with Crippen molar-refractivity contribution >= 4 is 23.8 Å². The van der Waals surface area contributed by atoms with E-state index in [1.165, 1.54) is 0 Å². The van der Waals surface area contributed by atoms with E-state index in [0.717, 1.165) is 0 Å². The van der Waals surface area contributed by atoms with Crippen LogP contribution in [0.3, 0.4) is 0 Å². The van der Waals surface area contributed by atoms with Gasteiger partial charge in [0.2, 0.25) is 11.8 Å². The summed E-state index contributed by atoms with van der Waals surface area (Å²) in [5.74, 6) is -4.37. The maximum absolute atomic E-state index is 12.0. The van der Waals surface area contributed by atoms with Gasteiger partial charge in [-0.2, -0.15) is 0 Å². The van der Waals surface area contributed by atoms with Crippen molar-refractivity contribution in [3.05, 3.63) is 0 Å². The monoisotopic (exact) mass is 332 g/mol. The van der Waals surface area contributed by atoms with Crippen LogP contribution in [0, 0.1) is 5.92 Å². The van der Waals surface area contributed by atoms with E-state index >= 15 is 0 Å². The quantitative estimate of drug-likeness (QED) is 0.469. The van der Waals surface area contributed by atoms with Crippen LogP contribution in [0.4, 0.5) is 0 Å². The second-order valence-corrected chi connectivity index (χ2v) is 4.45. The number of hydrogen-bond acceptors (Lipinski definition) is 7. The molecule has 2 amide bonds. The molecule has 9 heteroatoms. The average molecular weight is 332 g/mol. The Labute approximate surface area is 134 Å². The molecule has 0 unspecified atom stereocenters. The molecule has 0 bridgehead atoms. The molecule has 0 heterocycles. The summed E-state index contributed by atoms with van der Waals surface area (Å²) in [4.78, 5) is 46.9. The van der Waals surface area contributed by atoms with Crippen molar-refractivity contribution in [2.45, 2.75) is 33.2 Å². The molecule has 0 aromatic rings. The standard InChI is InChI=1S/C14H24N2O7/c1-4-21-8-10(17)16-12(13(15)19)9(14(20)23-6-3)7-11(18)22-5-2/h9,12H,4-8H2,1-3H3,(H2,15,19)(H,16,17)/t9-,12-/m1/s1. The van der Waals surface area contributed by atoms with Crippen molar-refractivity contribution in [1.82, 2.24) is 5.32 Å². The van der Waals surface area contributed by atoms with Gasteiger partial charge in [-0.15, -0.1) is 0 Å². The summed E-state index contributed by atoms with van der Waals surface area (Å²) in [7, 11) is 0. The molecule has 0 rings (SSSR count). The van der Waals surface area contributed by atoms with Crippen LogP contribution in [0.15, 0.2) is 0 Å². The minimum atomic E-state index is -1.40. The number of esters is 2. The van der Waals surface area contributed by atoms with Crippen LogP contribution < -0.4 is 11.1 Å². The first-order valence-electron chi connectivity index (χ1n) is 7.35. The smallest absolute Gasteiger partial charge is 0.312 e. The molecule has 0 radical (unpaired) electrons. The van der Waals surface area contributed by atoms with Crippen molar-refractivity contribution in [2.24, 2.45) is 11.7 Å². The number of nitrogens with one attached hydrogen (secondary N) is 1. The Balaban J connectivity index is 5.14. The molecule has 0 aliphatic rings. The van der Waals surface area contributed by atoms with Gasteiger partial charge in [-0.3, -0.25) is 19.2 Å². The van der Waals surface area contributed by atoms with Crippen LogP contribution in [0.25, 0.3) is 0 Å². The Morgan fingerprint density at radius 1 is 1.00 bits per heavy atom. The highest BCUT2D eigenvalue weighted by Crippen LogP contribution is 2.13. The molecule has 132 valence electrons. The zero-order valence-corrected chi connectivity index (χ0v) is 13.6. The molecule has 0 aliphatic heterocycles. The Morgan fingerprint density at radius 3 is 2.09 bits per heavy atom. The number of rotatable bonds is 11. The predicted octanol–water partition coefficient (Wildman–Crippen LogP) is -0.874. The number of amides is 2. The van der Waals surface area contributed by atoms with Crippen molar-refractivity contribution in [3.8, 4) is 0 Å². The average Bonchev–Trinajstić information content (AvgIpc) is 2.48. The fourth-order valence-corrected chi connectivity index (χ4v) is 1.77. The van der Waals surface area contributed by atoms with E-state index in [9.17, 15) is 19.2 Å². The third-order valence-electron chi connectivity index (χ3n) is 2.74. The highest BCUT2D eigenvalue weighted by Gasteiger charge is 2.37. The van der Waals surface area contributed by atoms with Crippen molar-refractivity contribution < 1.29 is 33.4 Å². The molecular weight excluding hydrogens is 308 g/mol. The third kappa shape index (κ3) is 8.15. The maximum Gasteiger partial charge on any atom is 0.312 e. The van der Waals surface area contributed by atoms with Crippen LogP contribution in [0.5, 0.6) is 0 Å². The van der Waals surface area contributed by atoms with Gasteiger partial charge in [-0.05, 0) is 20.8 Å². The third-order valence-corrected chi connectivity index (χ3v) is 2.74. The Morgan fingerprint density at radius 2 is 1.61 bits per heavy atom. The number of primary amides is 1. The number of carbonyl (C=O) groups is 4. The molecule has 0 aliphatic carbocycles. The molecule has 0 spiro atoms. The second-order valence-electron chi connectivity index (χ2n) is 4.45. The molecule has 0 aromatic carbocycles. The summed E-state index contributed by atoms with van der Waals surface area (Å²) in [5.41, 5.74) is 5.24. The van der Waals surface area contributed by atoms with Crippen molar-refractivity contribution in [1.29, 1.82) is 0 Å². The first-order chi connectivity index (χ1) is 10.9. The van der Waals surface area contributed by atoms with E-state index in [-0.39, 0.29) is 19.8 Å². The lowest BCUT2D eigenvalue weighted by Crippen LogP contribution is -2.53. The van der Waals surface area contributed by atoms with E-state index in [2.05, 4.69) is 5.32 Å². The van der Waals surface area contributed by atoms with Gasteiger partial charge in [0.1, 0.15) is 12.6 Å². The van der Waals surface area contributed by atoms with Gasteiger partial charge in [0.25, 0.3) is 0 Å². The van der Waals surface area contributed by atoms with Crippen LogP contribution in [0.1, 0.15) is 27.2 Å². The van der Waals surface area contributed by atoms with Gasteiger partial charge in [0.15, 0.2) is 0 Å². The Bertz CT molecular complexity index is 425. The van der Waals surface area contributed by atoms with Crippen LogP contribution in [-0.2, 0) is 33.4 Å². The minimum Gasteiger partial charge on any atom is -0.466 e. The lowest BCUT2D eigenvalue weighted by Gasteiger charge is -2.23. The fraction of sp³-hybridized carbons (Fsp3) is 0.714. The van der Waals surface area contributed by atoms with Crippen LogP contribution >= 0.6 is 0 Å². The fourth-order valence-electron chi connectivity index (χ4n) is 1.77. The summed E-state index contributed by atoms with van der Waals surface area (Å²) in [6.45, 7) is 5.05. The lowest BCUT2D eigenvalue weighted by atomic mass is 9.95. The number of ether oxygens (including phenoxy) is 3. The summed E-state index contributed by atoms with van der Waals surface area (Å²) < 4.78 is 14.5. The van der Waals surface area contributed by atoms with Crippen molar-refractivity contribution in [3.63, 3.8) is 0 Å². The zero-order valence-electron chi connectivity index (χ0n) is 13.6. The van der Waals surface area contributed by atoms with E-state index in [1.54, 1.807) is 20.8 Å². The first kappa shape index (κ1) is 20.8. The number of nitrogens with two attached hydrogens (primary N) is 1. The number of hydrogen-bond donors (Lipinski definition) is 2. The highest BCUT2D eigenvalue weighted by molar-refractivity contribution is 5.93. The zero-order chi connectivity index (χ0) is 17.8. The molecule has 0 saturated carbocycles. The summed E-state index contributed by atoms with van der Waals surface area (Å²) in [6.07, 6.45) is -0.435. The SMILES string of the molecule is CCOCC(=O)N[C@@H](C(N)=O)[C@@H](CC(=O)OCC)C(=O)OCC. The minimum absolute atomic E-state index is 0.0521. The molecule has 2 atom stereocenters. The second kappa shape index (κ2) is 11.4. The van der Waals surface area contributed by atoms with Gasteiger partial charge in [0, 0.05) is 6.61 Å². The van der Waals surface area contributed by atoms with Crippen LogP contribution in [-0.4, -0.2) is 56.2 Å². The van der Waals surface area contributed by atoms with Gasteiger partial charge < -0.3 is 25.3 Å². The van der Waals surface area contributed by atoms with Crippen LogP contribution in [0.2, 0.25) is 0 Å². The highest BCUT2D eigenvalue weighted by atomic mass is 16.5. The topological polar surface area (TPSA) is 134 Å². The van der Waals surface area contributed by atoms with Gasteiger partial charge in [-0.1, -0.05) is 0 Å². The van der Waals surface area contributed by atoms with E-state index in [0.29, 0.717) is 6.61 Å². The van der Waals surface area contributed by atoms with Gasteiger partial charge in [0.05, 0.1) is 25.6 Å². The first-order valence-corrected chi connectivity index (χ1v) is 7.35. The Hall–Kier alpha value is -2.16. The normalized spacial score (nSPS) is 12.8. The molecule has 0 fully saturated rings. The predicted molar refractivity (Wildman–Crippen MR) is 79.0 cm³/mol. The maximum atomic E-state index is 12.0. The summed E-state index contributed by atoms with van der Waals surface area (Å²) in [6, 6.07) is -1.40. The number of carbonyl (C=O) groups excluding carboxylic acids is 4. The molecule has 0 aromatic heterocycles. The summed E-state index contributed by atoms with van der Waals surface area (Å²) in [5, 5.41) is 2.29. The molecule has 9 nitrogen and oxygen atoms in total.